The maximum atomic E-state index is 5.56. The average molecular weight is 285 g/mol. The van der Waals surface area contributed by atoms with Crippen LogP contribution in [0.4, 0.5) is 17.6 Å². The largest absolute Gasteiger partial charge is 0.463 e. The smallest absolute Gasteiger partial charge is 0.323 e. The van der Waals surface area contributed by atoms with Crippen LogP contribution in [0, 0.1) is 0 Å². The quantitative estimate of drug-likeness (QED) is 0.910. The van der Waals surface area contributed by atoms with E-state index in [1.54, 1.807) is 7.05 Å². The fourth-order valence-electron chi connectivity index (χ4n) is 2.38. The fraction of sp³-hybridized carbons (Fsp3) is 0.400. The second kappa shape index (κ2) is 5.95. The van der Waals surface area contributed by atoms with Gasteiger partial charge in [0.1, 0.15) is 0 Å². The molecule has 0 bridgehead atoms. The molecule has 3 rings (SSSR count). The lowest BCUT2D eigenvalue weighted by Crippen LogP contribution is -2.18. The summed E-state index contributed by atoms with van der Waals surface area (Å²) in [4.78, 5) is 15.2. The van der Waals surface area contributed by atoms with Gasteiger partial charge in [-0.2, -0.15) is 15.0 Å². The van der Waals surface area contributed by atoms with E-state index in [0.717, 1.165) is 25.1 Å². The first-order chi connectivity index (χ1) is 10.3. The van der Waals surface area contributed by atoms with E-state index in [1.165, 1.54) is 5.56 Å². The van der Waals surface area contributed by atoms with Crippen molar-refractivity contribution in [1.82, 2.24) is 15.0 Å². The molecule has 2 heterocycles. The van der Waals surface area contributed by atoms with Crippen LogP contribution in [-0.4, -0.2) is 35.2 Å². The van der Waals surface area contributed by atoms with Crippen molar-refractivity contribution in [2.45, 2.75) is 19.8 Å². The molecule has 0 spiro atoms. The molecule has 1 aliphatic rings. The summed E-state index contributed by atoms with van der Waals surface area (Å²) in [6.45, 7) is 3.53. The van der Waals surface area contributed by atoms with Crippen molar-refractivity contribution in [3.63, 3.8) is 0 Å². The number of ether oxygens (including phenoxy) is 1. The van der Waals surface area contributed by atoms with Gasteiger partial charge in [-0.3, -0.25) is 0 Å². The van der Waals surface area contributed by atoms with E-state index in [4.69, 9.17) is 4.74 Å². The van der Waals surface area contributed by atoms with Crippen molar-refractivity contribution < 1.29 is 4.74 Å². The maximum absolute atomic E-state index is 5.56. The van der Waals surface area contributed by atoms with Crippen molar-refractivity contribution >= 4 is 17.6 Å². The Labute approximate surface area is 124 Å². The molecule has 6 nitrogen and oxygen atoms in total. The fourth-order valence-corrected chi connectivity index (χ4v) is 2.38. The Balaban J connectivity index is 1.95. The van der Waals surface area contributed by atoms with Gasteiger partial charge < -0.3 is 15.0 Å². The van der Waals surface area contributed by atoms with Gasteiger partial charge in [-0.15, -0.1) is 0 Å². The zero-order chi connectivity index (χ0) is 14.7. The highest BCUT2D eigenvalue weighted by Gasteiger charge is 2.23. The van der Waals surface area contributed by atoms with Gasteiger partial charge in [-0.1, -0.05) is 25.1 Å². The van der Waals surface area contributed by atoms with Crippen molar-refractivity contribution in [3.05, 3.63) is 29.8 Å². The molecule has 1 aromatic heterocycles. The topological polar surface area (TPSA) is 63.2 Å². The van der Waals surface area contributed by atoms with Gasteiger partial charge in [0.2, 0.25) is 11.9 Å². The highest BCUT2D eigenvalue weighted by Crippen LogP contribution is 2.33. The van der Waals surface area contributed by atoms with E-state index in [1.807, 2.05) is 6.07 Å². The van der Waals surface area contributed by atoms with Crippen molar-refractivity contribution in [2.75, 3.05) is 30.4 Å². The monoisotopic (exact) mass is 285 g/mol. The normalized spacial score (nSPS) is 13.1. The van der Waals surface area contributed by atoms with Crippen LogP contribution < -0.4 is 15.0 Å². The van der Waals surface area contributed by atoms with Gasteiger partial charge in [-0.05, 0) is 24.5 Å². The lowest BCUT2D eigenvalue weighted by Gasteiger charge is -2.18. The zero-order valence-electron chi connectivity index (χ0n) is 12.3. The van der Waals surface area contributed by atoms with Crippen LogP contribution in [0.2, 0.25) is 0 Å². The third kappa shape index (κ3) is 2.74. The summed E-state index contributed by atoms with van der Waals surface area (Å²) < 4.78 is 5.56. The second-order valence-electron chi connectivity index (χ2n) is 4.87. The molecule has 21 heavy (non-hydrogen) atoms. The molecule has 2 aromatic rings. The molecule has 0 amide bonds. The van der Waals surface area contributed by atoms with E-state index in [-0.39, 0.29) is 0 Å². The SMILES string of the molecule is CCCOc1nc(NC)nc(N2CCc3ccccc32)n1. The predicted molar refractivity (Wildman–Crippen MR) is 82.3 cm³/mol. The highest BCUT2D eigenvalue weighted by atomic mass is 16.5. The summed E-state index contributed by atoms with van der Waals surface area (Å²) in [7, 11) is 1.79. The van der Waals surface area contributed by atoms with Crippen LogP contribution in [0.1, 0.15) is 18.9 Å². The molecule has 1 aliphatic heterocycles. The average Bonchev–Trinajstić information content (AvgIpc) is 2.96. The van der Waals surface area contributed by atoms with Crippen LogP contribution in [0.3, 0.4) is 0 Å². The summed E-state index contributed by atoms with van der Waals surface area (Å²) >= 11 is 0. The first-order valence-corrected chi connectivity index (χ1v) is 7.24. The molecule has 6 heteroatoms. The predicted octanol–water partition coefficient (Wildman–Crippen LogP) is 2.40. The molecule has 0 aliphatic carbocycles. The van der Waals surface area contributed by atoms with Crippen molar-refractivity contribution in [3.8, 4) is 6.01 Å². The van der Waals surface area contributed by atoms with Crippen molar-refractivity contribution in [2.24, 2.45) is 0 Å². The molecule has 0 fully saturated rings. The molecule has 0 radical (unpaired) electrons. The molecular weight excluding hydrogens is 266 g/mol. The Bertz CT molecular complexity index is 631. The van der Waals surface area contributed by atoms with Crippen molar-refractivity contribution in [1.29, 1.82) is 0 Å². The molecule has 0 atom stereocenters. The molecule has 110 valence electrons. The lowest BCUT2D eigenvalue weighted by molar-refractivity contribution is 0.292. The summed E-state index contributed by atoms with van der Waals surface area (Å²) in [6, 6.07) is 8.70. The van der Waals surface area contributed by atoms with Gasteiger partial charge in [0, 0.05) is 19.3 Å². The third-order valence-corrected chi connectivity index (χ3v) is 3.39. The van der Waals surface area contributed by atoms with Gasteiger partial charge >= 0.3 is 6.01 Å². The first kappa shape index (κ1) is 13.6. The second-order valence-corrected chi connectivity index (χ2v) is 4.87. The van der Waals surface area contributed by atoms with Crippen LogP contribution >= 0.6 is 0 Å². The summed E-state index contributed by atoms with van der Waals surface area (Å²) in [5.41, 5.74) is 2.48. The number of para-hydroxylation sites is 1. The number of aromatic nitrogens is 3. The Hall–Kier alpha value is -2.37. The standard InChI is InChI=1S/C15H19N5O/c1-3-10-21-15-18-13(16-2)17-14(19-15)20-9-8-11-6-4-5-7-12(11)20/h4-7H,3,8-10H2,1-2H3,(H,16,17,18,19). The minimum atomic E-state index is 0.371. The van der Waals surface area contributed by atoms with E-state index >= 15 is 0 Å². The number of rotatable bonds is 5. The zero-order valence-corrected chi connectivity index (χ0v) is 12.3. The molecule has 0 unspecified atom stereocenters. The Morgan fingerprint density at radius 1 is 1.24 bits per heavy atom. The number of nitrogens with one attached hydrogen (secondary N) is 1. The lowest BCUT2D eigenvalue weighted by atomic mass is 10.2. The van der Waals surface area contributed by atoms with Crippen LogP contribution in [-0.2, 0) is 6.42 Å². The van der Waals surface area contributed by atoms with Gasteiger partial charge in [0.25, 0.3) is 0 Å². The molecule has 0 saturated heterocycles. The Kier molecular flexibility index (Phi) is 3.85. The first-order valence-electron chi connectivity index (χ1n) is 7.24. The number of anilines is 3. The van der Waals surface area contributed by atoms with E-state index in [2.05, 4.69) is 50.3 Å². The maximum Gasteiger partial charge on any atom is 0.323 e. The van der Waals surface area contributed by atoms with Crippen LogP contribution in [0.5, 0.6) is 6.01 Å². The molecule has 1 aromatic carbocycles. The van der Waals surface area contributed by atoms with E-state index < -0.39 is 0 Å². The minimum absolute atomic E-state index is 0.371. The number of hydrogen-bond donors (Lipinski definition) is 1. The molecule has 1 N–H and O–H groups in total. The van der Waals surface area contributed by atoms with E-state index in [0.29, 0.717) is 24.5 Å². The Morgan fingerprint density at radius 3 is 2.90 bits per heavy atom. The summed E-state index contributed by atoms with van der Waals surface area (Å²) in [5, 5.41) is 2.96. The number of nitrogens with zero attached hydrogens (tertiary/aromatic N) is 4. The third-order valence-electron chi connectivity index (χ3n) is 3.39. The number of fused-ring (bicyclic) bond motifs is 1. The van der Waals surface area contributed by atoms with Crippen LogP contribution in [0.15, 0.2) is 24.3 Å². The Morgan fingerprint density at radius 2 is 2.10 bits per heavy atom. The molecular formula is C15H19N5O. The summed E-state index contributed by atoms with van der Waals surface area (Å²) in [6.07, 6.45) is 1.92. The number of hydrogen-bond acceptors (Lipinski definition) is 6. The molecule has 0 saturated carbocycles. The van der Waals surface area contributed by atoms with Gasteiger partial charge in [0.15, 0.2) is 0 Å². The summed E-state index contributed by atoms with van der Waals surface area (Å²) in [5.74, 6) is 1.15. The van der Waals surface area contributed by atoms with Gasteiger partial charge in [0.05, 0.1) is 6.61 Å². The van der Waals surface area contributed by atoms with E-state index in [9.17, 15) is 0 Å². The highest BCUT2D eigenvalue weighted by molar-refractivity contribution is 5.66. The van der Waals surface area contributed by atoms with Gasteiger partial charge in [-0.25, -0.2) is 0 Å². The number of benzene rings is 1. The minimum Gasteiger partial charge on any atom is -0.463 e. The van der Waals surface area contributed by atoms with Crippen LogP contribution in [0.25, 0.3) is 0 Å².